The van der Waals surface area contributed by atoms with Gasteiger partial charge in [0.05, 0.1) is 6.54 Å². The van der Waals surface area contributed by atoms with Crippen LogP contribution >= 0.6 is 12.4 Å². The van der Waals surface area contributed by atoms with Crippen LogP contribution in [0.3, 0.4) is 0 Å². The quantitative estimate of drug-likeness (QED) is 0.664. The van der Waals surface area contributed by atoms with E-state index in [-0.39, 0.29) is 24.1 Å². The number of carbonyl (C=O) groups is 2. The fraction of sp³-hybridized carbons (Fsp3) is 0.417. The Morgan fingerprint density at radius 1 is 1.00 bits per heavy atom. The van der Waals surface area contributed by atoms with Gasteiger partial charge in [-0.1, -0.05) is 18.2 Å². The number of carbonyl (C=O) groups excluding carboxylic acids is 2. The van der Waals surface area contributed by atoms with Crippen LogP contribution in [-0.4, -0.2) is 60.9 Å². The van der Waals surface area contributed by atoms with Crippen molar-refractivity contribution in [3.05, 3.63) is 59.2 Å². The monoisotopic (exact) mass is 442 g/mol. The lowest BCUT2D eigenvalue weighted by Gasteiger charge is -2.33. The van der Waals surface area contributed by atoms with Gasteiger partial charge in [-0.25, -0.2) is 0 Å². The average molecular weight is 443 g/mol. The van der Waals surface area contributed by atoms with Crippen LogP contribution in [0.5, 0.6) is 11.5 Å². The summed E-state index contributed by atoms with van der Waals surface area (Å²) < 4.78 is 11.1. The Morgan fingerprint density at radius 2 is 1.74 bits per heavy atom. The Bertz CT molecular complexity index is 972. The minimum absolute atomic E-state index is 0. The van der Waals surface area contributed by atoms with Crippen molar-refractivity contribution < 1.29 is 19.1 Å². The molecule has 2 aromatic rings. The predicted molar refractivity (Wildman–Crippen MR) is 119 cm³/mol. The molecule has 0 bridgehead atoms. The number of Topliss-reactive ketones (excluding diaryl/α,β-unsaturated/α-hetero) is 1. The second kappa shape index (κ2) is 9.28. The van der Waals surface area contributed by atoms with Crippen molar-refractivity contribution >= 4 is 24.1 Å². The Labute approximate surface area is 188 Å². The van der Waals surface area contributed by atoms with Gasteiger partial charge >= 0.3 is 0 Å². The van der Waals surface area contributed by atoms with Crippen LogP contribution in [-0.2, 0) is 6.54 Å². The van der Waals surface area contributed by atoms with Crippen LogP contribution in [0, 0.1) is 5.92 Å². The first-order valence-corrected chi connectivity index (χ1v) is 10.7. The molecule has 0 atom stereocenters. The molecule has 2 aromatic carbocycles. The normalized spacial score (nSPS) is 18.5. The molecule has 0 aliphatic carbocycles. The standard InChI is InChI=1S/C24H26N2O4.ClH/c27-21(18-5-6-22-23(13-18)30-12-11-29-22)16-25-9-7-17(8-10-25)14-26-15-19-3-1-2-4-20(19)24(26)28;/h1-6,13,17H,7-12,14-16H2;1H. The van der Waals surface area contributed by atoms with Crippen molar-refractivity contribution in [3.63, 3.8) is 0 Å². The molecule has 1 fully saturated rings. The van der Waals surface area contributed by atoms with Crippen LogP contribution < -0.4 is 9.47 Å². The van der Waals surface area contributed by atoms with Gasteiger partial charge in [0.15, 0.2) is 17.3 Å². The van der Waals surface area contributed by atoms with Crippen LogP contribution in [0.4, 0.5) is 0 Å². The van der Waals surface area contributed by atoms with Gasteiger partial charge in [-0.15, -0.1) is 12.4 Å². The Balaban J connectivity index is 0.00000231. The number of hydrogen-bond acceptors (Lipinski definition) is 5. The molecule has 164 valence electrons. The summed E-state index contributed by atoms with van der Waals surface area (Å²) in [6, 6.07) is 13.3. The van der Waals surface area contributed by atoms with Crippen molar-refractivity contribution in [3.8, 4) is 11.5 Å². The Kier molecular flexibility index (Phi) is 6.49. The highest BCUT2D eigenvalue weighted by Gasteiger charge is 2.30. The molecule has 3 aliphatic heterocycles. The number of halogens is 1. The first-order chi connectivity index (χ1) is 14.7. The highest BCUT2D eigenvalue weighted by atomic mass is 35.5. The van der Waals surface area contributed by atoms with E-state index in [0.717, 1.165) is 50.1 Å². The van der Waals surface area contributed by atoms with Gasteiger partial charge < -0.3 is 14.4 Å². The molecule has 0 unspecified atom stereocenters. The fourth-order valence-corrected chi connectivity index (χ4v) is 4.61. The average Bonchev–Trinajstić information content (AvgIpc) is 3.10. The van der Waals surface area contributed by atoms with E-state index >= 15 is 0 Å². The van der Waals surface area contributed by atoms with Crippen LogP contribution in [0.1, 0.15) is 39.1 Å². The largest absolute Gasteiger partial charge is 0.486 e. The van der Waals surface area contributed by atoms with E-state index in [0.29, 0.717) is 42.7 Å². The molecule has 0 N–H and O–H groups in total. The molecule has 6 nitrogen and oxygen atoms in total. The molecule has 0 aromatic heterocycles. The van der Waals surface area contributed by atoms with E-state index in [2.05, 4.69) is 4.90 Å². The zero-order chi connectivity index (χ0) is 20.5. The van der Waals surface area contributed by atoms with Gasteiger partial charge in [-0.2, -0.15) is 0 Å². The van der Waals surface area contributed by atoms with Crippen molar-refractivity contribution in [2.24, 2.45) is 5.92 Å². The number of hydrogen-bond donors (Lipinski definition) is 0. The molecule has 1 amide bonds. The fourth-order valence-electron chi connectivity index (χ4n) is 4.61. The van der Waals surface area contributed by atoms with E-state index in [1.54, 1.807) is 6.07 Å². The predicted octanol–water partition coefficient (Wildman–Crippen LogP) is 3.43. The first kappa shape index (κ1) is 21.7. The van der Waals surface area contributed by atoms with E-state index in [1.807, 2.05) is 41.3 Å². The highest BCUT2D eigenvalue weighted by Crippen LogP contribution is 2.31. The number of benzene rings is 2. The number of nitrogens with zero attached hydrogens (tertiary/aromatic N) is 2. The van der Waals surface area contributed by atoms with Crippen LogP contribution in [0.25, 0.3) is 0 Å². The van der Waals surface area contributed by atoms with Gasteiger partial charge in [0.25, 0.3) is 5.91 Å². The maximum Gasteiger partial charge on any atom is 0.254 e. The van der Waals surface area contributed by atoms with E-state index in [1.165, 1.54) is 0 Å². The number of amides is 1. The molecule has 1 saturated heterocycles. The van der Waals surface area contributed by atoms with Gasteiger partial charge in [0.2, 0.25) is 0 Å². The van der Waals surface area contributed by atoms with E-state index in [9.17, 15) is 9.59 Å². The number of rotatable bonds is 5. The Hall–Kier alpha value is -2.57. The minimum atomic E-state index is 0. The number of piperidine rings is 1. The summed E-state index contributed by atoms with van der Waals surface area (Å²) in [5.74, 6) is 2.11. The molecular weight excluding hydrogens is 416 g/mol. The van der Waals surface area contributed by atoms with Gasteiger partial charge in [0, 0.05) is 24.2 Å². The smallest absolute Gasteiger partial charge is 0.254 e. The third-order valence-corrected chi connectivity index (χ3v) is 6.31. The summed E-state index contributed by atoms with van der Waals surface area (Å²) in [7, 11) is 0. The van der Waals surface area contributed by atoms with Crippen molar-refractivity contribution in [2.45, 2.75) is 19.4 Å². The zero-order valence-electron chi connectivity index (χ0n) is 17.4. The molecule has 0 spiro atoms. The summed E-state index contributed by atoms with van der Waals surface area (Å²) in [6.07, 6.45) is 2.02. The Morgan fingerprint density at radius 3 is 2.52 bits per heavy atom. The number of fused-ring (bicyclic) bond motifs is 2. The lowest BCUT2D eigenvalue weighted by atomic mass is 9.95. The van der Waals surface area contributed by atoms with E-state index in [4.69, 9.17) is 9.47 Å². The third-order valence-electron chi connectivity index (χ3n) is 6.31. The number of ether oxygens (including phenoxy) is 2. The molecule has 3 heterocycles. The minimum Gasteiger partial charge on any atom is -0.486 e. The number of ketones is 1. The van der Waals surface area contributed by atoms with Crippen molar-refractivity contribution in [1.29, 1.82) is 0 Å². The summed E-state index contributed by atoms with van der Waals surface area (Å²) >= 11 is 0. The summed E-state index contributed by atoms with van der Waals surface area (Å²) in [4.78, 5) is 29.5. The maximum atomic E-state index is 12.7. The maximum absolute atomic E-state index is 12.7. The van der Waals surface area contributed by atoms with E-state index < -0.39 is 0 Å². The van der Waals surface area contributed by atoms with Crippen LogP contribution in [0.2, 0.25) is 0 Å². The summed E-state index contributed by atoms with van der Waals surface area (Å²) in [6.45, 7) is 4.77. The van der Waals surface area contributed by atoms with Crippen molar-refractivity contribution in [2.75, 3.05) is 39.4 Å². The second-order valence-electron chi connectivity index (χ2n) is 8.34. The summed E-state index contributed by atoms with van der Waals surface area (Å²) in [5, 5.41) is 0. The topological polar surface area (TPSA) is 59.1 Å². The van der Waals surface area contributed by atoms with Gasteiger partial charge in [0.1, 0.15) is 13.2 Å². The highest BCUT2D eigenvalue weighted by molar-refractivity contribution is 5.98. The molecule has 5 rings (SSSR count). The molecule has 7 heteroatoms. The van der Waals surface area contributed by atoms with Gasteiger partial charge in [-0.3, -0.25) is 14.5 Å². The third kappa shape index (κ3) is 4.55. The first-order valence-electron chi connectivity index (χ1n) is 10.7. The lowest BCUT2D eigenvalue weighted by molar-refractivity contribution is 0.0707. The summed E-state index contributed by atoms with van der Waals surface area (Å²) in [5.41, 5.74) is 2.65. The zero-order valence-corrected chi connectivity index (χ0v) is 18.2. The lowest BCUT2D eigenvalue weighted by Crippen LogP contribution is -2.41. The molecule has 0 radical (unpaired) electrons. The van der Waals surface area contributed by atoms with Crippen molar-refractivity contribution in [1.82, 2.24) is 9.80 Å². The SMILES string of the molecule is Cl.O=C(CN1CCC(CN2Cc3ccccc3C2=O)CC1)c1ccc2c(c1)OCCO2. The second-order valence-corrected chi connectivity index (χ2v) is 8.34. The molecule has 3 aliphatic rings. The molecule has 0 saturated carbocycles. The van der Waals surface area contributed by atoms with Gasteiger partial charge in [-0.05, 0) is 61.7 Å². The van der Waals surface area contributed by atoms with Crippen LogP contribution in [0.15, 0.2) is 42.5 Å². The molecule has 31 heavy (non-hydrogen) atoms. The molecular formula is C24H27ClN2O4. The number of likely N-dealkylation sites (tertiary alicyclic amines) is 1.